The van der Waals surface area contributed by atoms with Crippen molar-refractivity contribution in [3.63, 3.8) is 0 Å². The number of fused-ring (bicyclic) bond motifs is 1. The van der Waals surface area contributed by atoms with Gasteiger partial charge in [-0.05, 0) is 67.3 Å². The van der Waals surface area contributed by atoms with Crippen LogP contribution in [0.4, 0.5) is 5.69 Å². The van der Waals surface area contributed by atoms with Crippen molar-refractivity contribution in [2.45, 2.75) is 63.3 Å². The van der Waals surface area contributed by atoms with Crippen molar-refractivity contribution in [1.82, 2.24) is 29.8 Å². The molecule has 4 N–H and O–H groups in total. The average Bonchev–Trinajstić information content (AvgIpc) is 3.90. The van der Waals surface area contributed by atoms with Crippen LogP contribution in [0.25, 0.3) is 0 Å². The minimum Gasteiger partial charge on any atom is -0.506 e. The highest BCUT2D eigenvalue weighted by Crippen LogP contribution is 2.41. The maximum absolute atomic E-state index is 13.3. The molecular formula is C41H55N7O8. The normalized spacial score (nSPS) is 18.6. The summed E-state index contributed by atoms with van der Waals surface area (Å²) in [6, 6.07) is 13.4. The van der Waals surface area contributed by atoms with E-state index in [4.69, 9.17) is 14.2 Å². The van der Waals surface area contributed by atoms with Gasteiger partial charge in [0.05, 0.1) is 44.5 Å². The van der Waals surface area contributed by atoms with E-state index in [-0.39, 0.29) is 60.1 Å². The molecule has 1 aromatic heterocycles. The zero-order chi connectivity index (χ0) is 39.1. The number of likely N-dealkylation sites (tertiary alicyclic amines) is 1. The largest absolute Gasteiger partial charge is 0.506 e. The number of phenolic OH excluding ortho intramolecular Hbond substituents is 1. The number of morpholine rings is 1. The second-order valence-corrected chi connectivity index (χ2v) is 15.6. The van der Waals surface area contributed by atoms with Crippen LogP contribution in [-0.4, -0.2) is 137 Å². The molecule has 0 radical (unpaired) electrons. The van der Waals surface area contributed by atoms with E-state index in [2.05, 4.69) is 44.9 Å². The van der Waals surface area contributed by atoms with Crippen LogP contribution in [-0.2, 0) is 38.6 Å². The van der Waals surface area contributed by atoms with Crippen molar-refractivity contribution in [3.05, 3.63) is 71.0 Å². The summed E-state index contributed by atoms with van der Waals surface area (Å²) in [7, 11) is 1.74. The number of nitrogens with one attached hydrogen (secondary N) is 2. The van der Waals surface area contributed by atoms with Crippen molar-refractivity contribution >= 4 is 23.4 Å². The first-order valence-electron chi connectivity index (χ1n) is 19.9. The van der Waals surface area contributed by atoms with Crippen LogP contribution >= 0.6 is 0 Å². The van der Waals surface area contributed by atoms with E-state index in [0.29, 0.717) is 63.2 Å². The first kappa shape index (κ1) is 39.7. The van der Waals surface area contributed by atoms with Gasteiger partial charge < -0.3 is 44.9 Å². The number of hydrogen-bond donors (Lipinski definition) is 4. The Morgan fingerprint density at radius 2 is 1.95 bits per heavy atom. The molecule has 15 heteroatoms. The van der Waals surface area contributed by atoms with E-state index in [1.54, 1.807) is 18.0 Å². The Labute approximate surface area is 327 Å². The Bertz CT molecular complexity index is 1840. The van der Waals surface area contributed by atoms with Crippen LogP contribution in [0.3, 0.4) is 0 Å². The van der Waals surface area contributed by atoms with Crippen LogP contribution in [0, 0.1) is 5.92 Å². The summed E-state index contributed by atoms with van der Waals surface area (Å²) < 4.78 is 19.6. The lowest BCUT2D eigenvalue weighted by atomic mass is 9.89. The molecule has 7 rings (SSSR count). The van der Waals surface area contributed by atoms with Gasteiger partial charge in [0.2, 0.25) is 5.91 Å². The van der Waals surface area contributed by atoms with Crippen LogP contribution < -0.4 is 15.4 Å². The Kier molecular flexibility index (Phi) is 12.9. The number of aliphatic hydroxyl groups excluding tert-OH is 1. The number of rotatable bonds is 17. The fourth-order valence-corrected chi connectivity index (χ4v) is 7.69. The lowest BCUT2D eigenvalue weighted by molar-refractivity contribution is -0.131. The Morgan fingerprint density at radius 3 is 2.77 bits per heavy atom. The molecule has 4 heterocycles. The molecular weight excluding hydrogens is 718 g/mol. The van der Waals surface area contributed by atoms with Crippen molar-refractivity contribution in [3.8, 4) is 11.5 Å². The third-order valence-electron chi connectivity index (χ3n) is 11.2. The van der Waals surface area contributed by atoms with Gasteiger partial charge in [0.25, 0.3) is 11.8 Å². The van der Waals surface area contributed by atoms with E-state index in [1.165, 1.54) is 30.0 Å². The number of hydrogen-bond acceptors (Lipinski definition) is 11. The van der Waals surface area contributed by atoms with Gasteiger partial charge >= 0.3 is 0 Å². The topological polar surface area (TPSA) is 171 Å². The fraction of sp³-hybridized carbons (Fsp3) is 0.561. The summed E-state index contributed by atoms with van der Waals surface area (Å²) in [5, 5.41) is 31.0. The Hall–Kier alpha value is -4.54. The van der Waals surface area contributed by atoms with Crippen molar-refractivity contribution in [2.24, 2.45) is 5.92 Å². The number of aromatic hydroxyl groups is 1. The van der Waals surface area contributed by atoms with E-state index in [9.17, 15) is 24.6 Å². The van der Waals surface area contributed by atoms with Crippen LogP contribution in [0.15, 0.2) is 48.7 Å². The van der Waals surface area contributed by atoms with E-state index in [0.717, 1.165) is 45.4 Å². The SMILES string of the molecule is CN(CCNC[C@H](O)c1ccc(O)c2c1OCC(=O)N2)C(=O)CCOCCc1cccc(CN2CCC3(CC2)CN(C(=O)c2ccn(CC4CC4)n2)CCO3)c1. The molecule has 0 bridgehead atoms. The van der Waals surface area contributed by atoms with E-state index >= 15 is 0 Å². The minimum atomic E-state index is -0.937. The van der Waals surface area contributed by atoms with E-state index < -0.39 is 6.10 Å². The van der Waals surface area contributed by atoms with Gasteiger partial charge in [-0.1, -0.05) is 24.3 Å². The second kappa shape index (κ2) is 18.2. The number of likely N-dealkylation sites (N-methyl/N-ethyl adjacent to an activating group) is 1. The van der Waals surface area contributed by atoms with Crippen molar-refractivity contribution < 1.29 is 38.8 Å². The van der Waals surface area contributed by atoms with Crippen molar-refractivity contribution in [1.29, 1.82) is 0 Å². The van der Waals surface area contributed by atoms with Crippen LogP contribution in [0.1, 0.15) is 65.4 Å². The lowest BCUT2D eigenvalue weighted by Crippen LogP contribution is -2.58. The predicted octanol–water partition coefficient (Wildman–Crippen LogP) is 2.57. The molecule has 3 amide bonds. The van der Waals surface area contributed by atoms with Gasteiger partial charge in [0.1, 0.15) is 17.1 Å². The molecule has 0 unspecified atom stereocenters. The molecule has 2 saturated heterocycles. The number of piperidine rings is 1. The molecule has 3 aliphatic heterocycles. The summed E-state index contributed by atoms with van der Waals surface area (Å²) >= 11 is 0. The monoisotopic (exact) mass is 773 g/mol. The van der Waals surface area contributed by atoms with Gasteiger partial charge in [0, 0.05) is 71.2 Å². The zero-order valence-corrected chi connectivity index (χ0v) is 32.3. The number of aliphatic hydroxyl groups is 1. The smallest absolute Gasteiger partial charge is 0.274 e. The molecule has 3 aromatic rings. The lowest BCUT2D eigenvalue weighted by Gasteiger charge is -2.47. The molecule has 1 saturated carbocycles. The Balaban J connectivity index is 0.763. The molecule has 3 fully saturated rings. The first-order chi connectivity index (χ1) is 27.1. The first-order valence-corrected chi connectivity index (χ1v) is 19.9. The number of carbonyl (C=O) groups is 3. The average molecular weight is 774 g/mol. The number of carbonyl (C=O) groups excluding carboxylic acids is 3. The number of amides is 3. The number of benzene rings is 2. The standard InChI is InChI=1S/C41H55N7O8/c1-45(18-14-42-24-35(50)32-7-8-34(49)38-39(32)55-27-36(51)43-38)37(52)11-21-54-20-10-29-3-2-4-31(23-29)25-46-16-12-41(13-17-46)28-47(19-22-56-41)40(53)33-9-15-48(44-33)26-30-5-6-30/h2-4,7-9,15,23,30,35,42,49-50H,5-6,10-14,16-22,24-28H2,1H3,(H,43,51)/t35-/m0/s1. The van der Waals surface area contributed by atoms with Gasteiger partial charge in [-0.15, -0.1) is 0 Å². The maximum Gasteiger partial charge on any atom is 0.274 e. The van der Waals surface area contributed by atoms with Gasteiger partial charge in [-0.25, -0.2) is 0 Å². The number of anilines is 1. The maximum atomic E-state index is 13.3. The molecule has 1 atom stereocenters. The molecule has 15 nitrogen and oxygen atoms in total. The summed E-state index contributed by atoms with van der Waals surface area (Å²) in [5.74, 6) is 0.447. The molecule has 302 valence electrons. The molecule has 56 heavy (non-hydrogen) atoms. The predicted molar refractivity (Wildman–Crippen MR) is 207 cm³/mol. The number of aromatic nitrogens is 2. The van der Waals surface area contributed by atoms with Gasteiger partial charge in [0.15, 0.2) is 12.4 Å². The fourth-order valence-electron chi connectivity index (χ4n) is 7.69. The second-order valence-electron chi connectivity index (χ2n) is 15.6. The highest BCUT2D eigenvalue weighted by Gasteiger charge is 2.41. The highest BCUT2D eigenvalue weighted by molar-refractivity contribution is 5.97. The molecule has 4 aliphatic rings. The van der Waals surface area contributed by atoms with Crippen molar-refractivity contribution in [2.75, 3.05) is 84.6 Å². The molecule has 2 aromatic carbocycles. The Morgan fingerprint density at radius 1 is 1.12 bits per heavy atom. The minimum absolute atomic E-state index is 0.00438. The van der Waals surface area contributed by atoms with Crippen LogP contribution in [0.2, 0.25) is 0 Å². The summed E-state index contributed by atoms with van der Waals surface area (Å²) in [5.41, 5.74) is 3.29. The summed E-state index contributed by atoms with van der Waals surface area (Å²) in [4.78, 5) is 43.7. The molecule has 1 spiro atoms. The third-order valence-corrected chi connectivity index (χ3v) is 11.2. The number of phenols is 1. The quantitative estimate of drug-likeness (QED) is 0.118. The van der Waals surface area contributed by atoms with Gasteiger partial charge in [-0.3, -0.25) is 24.0 Å². The van der Waals surface area contributed by atoms with E-state index in [1.807, 2.05) is 21.8 Å². The number of ether oxygens (including phenoxy) is 3. The van der Waals surface area contributed by atoms with Crippen LogP contribution in [0.5, 0.6) is 11.5 Å². The zero-order valence-electron chi connectivity index (χ0n) is 32.3. The summed E-state index contributed by atoms with van der Waals surface area (Å²) in [6.45, 7) is 7.12. The van der Waals surface area contributed by atoms with Gasteiger partial charge in [-0.2, -0.15) is 5.10 Å². The summed E-state index contributed by atoms with van der Waals surface area (Å²) in [6.07, 6.45) is 6.30. The molecule has 1 aliphatic carbocycles. The number of nitrogens with zero attached hydrogens (tertiary/aromatic N) is 5. The third kappa shape index (κ3) is 10.2. The highest BCUT2D eigenvalue weighted by atomic mass is 16.5.